The molecule has 0 fully saturated rings. The summed E-state index contributed by atoms with van der Waals surface area (Å²) in [5.74, 6) is -1.87. The van der Waals surface area contributed by atoms with Crippen molar-refractivity contribution in [1.29, 1.82) is 0 Å². The van der Waals surface area contributed by atoms with Gasteiger partial charge in [-0.3, -0.25) is 24.8 Å². The molecule has 9 nitrogen and oxygen atoms in total. The van der Waals surface area contributed by atoms with E-state index in [1.54, 1.807) is 0 Å². The van der Waals surface area contributed by atoms with E-state index in [0.29, 0.717) is 16.6 Å². The van der Waals surface area contributed by atoms with E-state index in [-0.39, 0.29) is 28.1 Å². The average Bonchev–Trinajstić information content (AvgIpc) is 3.27. The number of rotatable bonds is 3. The number of aromatic nitrogens is 3. The number of carbonyl (C=O) groups is 2. The summed E-state index contributed by atoms with van der Waals surface area (Å²) in [6.07, 6.45) is 1.22. The number of hydrogen-bond acceptors (Lipinski definition) is 6. The van der Waals surface area contributed by atoms with Gasteiger partial charge in [0.2, 0.25) is 0 Å². The summed E-state index contributed by atoms with van der Waals surface area (Å²) in [5, 5.41) is 18.5. The number of nitro groups is 1. The molecule has 3 heterocycles. The fourth-order valence-corrected chi connectivity index (χ4v) is 3.55. The maximum absolute atomic E-state index is 13.3. The Morgan fingerprint density at radius 3 is 2.50 bits per heavy atom. The van der Waals surface area contributed by atoms with Crippen LogP contribution in [0.3, 0.4) is 0 Å². The second-order valence-electron chi connectivity index (χ2n) is 6.54. The Labute approximate surface area is 166 Å². The number of amides is 2. The second kappa shape index (κ2) is 6.27. The number of para-hydroxylation sites is 2. The maximum atomic E-state index is 13.3. The van der Waals surface area contributed by atoms with E-state index in [4.69, 9.17) is 0 Å². The van der Waals surface area contributed by atoms with Crippen molar-refractivity contribution in [3.63, 3.8) is 0 Å². The number of imide groups is 1. The van der Waals surface area contributed by atoms with E-state index < -0.39 is 22.6 Å². The zero-order valence-electron chi connectivity index (χ0n) is 15.0. The topological polar surface area (TPSA) is 122 Å². The lowest BCUT2D eigenvalue weighted by Gasteiger charge is -2.13. The van der Waals surface area contributed by atoms with Crippen LogP contribution >= 0.6 is 0 Å². The molecule has 0 saturated heterocycles. The van der Waals surface area contributed by atoms with Crippen LogP contribution in [-0.2, 0) is 0 Å². The fraction of sp³-hybridized carbons (Fsp3) is 0. The molecule has 1 aliphatic heterocycles. The molecule has 146 valence electrons. The van der Waals surface area contributed by atoms with Crippen LogP contribution in [-0.4, -0.2) is 31.9 Å². The number of nitro benzene ring substituents is 1. The van der Waals surface area contributed by atoms with E-state index in [1.807, 2.05) is 0 Å². The maximum Gasteiger partial charge on any atom is 0.293 e. The number of nitrogens with one attached hydrogen (secondary N) is 1. The van der Waals surface area contributed by atoms with Crippen molar-refractivity contribution in [3.8, 4) is 11.3 Å². The van der Waals surface area contributed by atoms with E-state index in [9.17, 15) is 24.1 Å². The summed E-state index contributed by atoms with van der Waals surface area (Å²) >= 11 is 0. The third-order valence-corrected chi connectivity index (χ3v) is 4.89. The summed E-state index contributed by atoms with van der Waals surface area (Å²) in [6, 6.07) is 11.0. The molecule has 2 aromatic heterocycles. The number of aromatic amines is 1. The molecule has 0 radical (unpaired) electrons. The Balaban J connectivity index is 1.74. The van der Waals surface area contributed by atoms with Crippen molar-refractivity contribution in [2.45, 2.75) is 0 Å². The minimum Gasteiger partial charge on any atom is -0.275 e. The molecule has 1 N–H and O–H groups in total. The molecule has 4 aromatic rings. The molecule has 0 atom stereocenters. The highest BCUT2D eigenvalue weighted by molar-refractivity contribution is 6.38. The zero-order chi connectivity index (χ0) is 21.0. The minimum absolute atomic E-state index is 0.00964. The standard InChI is InChI=1S/C20H10FN5O4/c21-11-7-5-10(6-8-11)17-16-15-12(9-22-18(16)24-23-17)19(27)25(20(15)28)13-3-1-2-4-14(13)26(29)30/h1-9H,(H,22,23,24). The first-order valence-corrected chi connectivity index (χ1v) is 8.72. The molecular weight excluding hydrogens is 393 g/mol. The predicted octanol–water partition coefficient (Wildman–Crippen LogP) is 3.47. The largest absolute Gasteiger partial charge is 0.293 e. The first-order chi connectivity index (χ1) is 14.5. The van der Waals surface area contributed by atoms with Gasteiger partial charge in [0.1, 0.15) is 11.5 Å². The average molecular weight is 403 g/mol. The molecule has 0 spiro atoms. The number of benzene rings is 2. The first-order valence-electron chi connectivity index (χ1n) is 8.72. The van der Waals surface area contributed by atoms with Gasteiger partial charge in [0.05, 0.1) is 27.1 Å². The second-order valence-corrected chi connectivity index (χ2v) is 6.54. The SMILES string of the molecule is O=C1c2cnc3n[nH]c(-c4ccc(F)cc4)c3c2C(=O)N1c1ccccc1[N+](=O)[O-]. The quantitative estimate of drug-likeness (QED) is 0.317. The van der Waals surface area contributed by atoms with Crippen LogP contribution in [0.2, 0.25) is 0 Å². The number of carbonyl (C=O) groups excluding carboxylic acids is 2. The fourth-order valence-electron chi connectivity index (χ4n) is 3.55. The molecular formula is C20H10FN5O4. The lowest BCUT2D eigenvalue weighted by atomic mass is 10.0. The van der Waals surface area contributed by atoms with Crippen LogP contribution < -0.4 is 4.90 Å². The Morgan fingerprint density at radius 1 is 1.03 bits per heavy atom. The molecule has 0 unspecified atom stereocenters. The highest BCUT2D eigenvalue weighted by Gasteiger charge is 2.42. The van der Waals surface area contributed by atoms with Crippen molar-refractivity contribution < 1.29 is 18.9 Å². The monoisotopic (exact) mass is 403 g/mol. The first kappa shape index (κ1) is 17.6. The Morgan fingerprint density at radius 2 is 1.77 bits per heavy atom. The van der Waals surface area contributed by atoms with Crippen LogP contribution in [0, 0.1) is 15.9 Å². The minimum atomic E-state index is -0.721. The van der Waals surface area contributed by atoms with Crippen LogP contribution in [0.1, 0.15) is 20.7 Å². The molecule has 2 amide bonds. The van der Waals surface area contributed by atoms with Gasteiger partial charge in [0.25, 0.3) is 17.5 Å². The van der Waals surface area contributed by atoms with Gasteiger partial charge in [-0.2, -0.15) is 5.10 Å². The number of nitrogens with zero attached hydrogens (tertiary/aromatic N) is 4. The Hall–Kier alpha value is -4.47. The van der Waals surface area contributed by atoms with E-state index in [1.165, 1.54) is 54.7 Å². The molecule has 1 aliphatic rings. The number of fused-ring (bicyclic) bond motifs is 3. The van der Waals surface area contributed by atoms with E-state index in [2.05, 4.69) is 15.2 Å². The third-order valence-electron chi connectivity index (χ3n) is 4.89. The summed E-state index contributed by atoms with van der Waals surface area (Å²) in [7, 11) is 0. The van der Waals surface area contributed by atoms with Gasteiger partial charge < -0.3 is 0 Å². The van der Waals surface area contributed by atoms with Gasteiger partial charge in [0, 0.05) is 17.8 Å². The lowest BCUT2D eigenvalue weighted by molar-refractivity contribution is -0.384. The molecule has 5 rings (SSSR count). The van der Waals surface area contributed by atoms with Crippen molar-refractivity contribution >= 4 is 34.2 Å². The number of H-pyrrole nitrogens is 1. The Kier molecular flexibility index (Phi) is 3.68. The normalized spacial score (nSPS) is 13.2. The lowest BCUT2D eigenvalue weighted by Crippen LogP contribution is -2.30. The molecule has 0 bridgehead atoms. The van der Waals surface area contributed by atoms with Crippen LogP contribution in [0.4, 0.5) is 15.8 Å². The van der Waals surface area contributed by atoms with Crippen LogP contribution in [0.25, 0.3) is 22.3 Å². The summed E-state index contributed by atoms with van der Waals surface area (Å²) in [6.45, 7) is 0. The van der Waals surface area contributed by atoms with Crippen molar-refractivity contribution in [1.82, 2.24) is 15.2 Å². The summed E-state index contributed by atoms with van der Waals surface area (Å²) in [5.41, 5.74) is 0.666. The summed E-state index contributed by atoms with van der Waals surface area (Å²) < 4.78 is 13.3. The Bertz CT molecular complexity index is 1380. The van der Waals surface area contributed by atoms with Crippen molar-refractivity contribution in [2.75, 3.05) is 4.90 Å². The smallest absolute Gasteiger partial charge is 0.275 e. The van der Waals surface area contributed by atoms with Crippen LogP contribution in [0.5, 0.6) is 0 Å². The van der Waals surface area contributed by atoms with Crippen molar-refractivity contribution in [3.05, 3.63) is 81.8 Å². The highest BCUT2D eigenvalue weighted by atomic mass is 19.1. The third kappa shape index (κ3) is 2.40. The van der Waals surface area contributed by atoms with Gasteiger partial charge in [-0.05, 0) is 30.3 Å². The molecule has 2 aromatic carbocycles. The zero-order valence-corrected chi connectivity index (χ0v) is 15.0. The van der Waals surface area contributed by atoms with E-state index in [0.717, 1.165) is 4.90 Å². The predicted molar refractivity (Wildman–Crippen MR) is 104 cm³/mol. The summed E-state index contributed by atoms with van der Waals surface area (Å²) in [4.78, 5) is 41.9. The molecule has 30 heavy (non-hydrogen) atoms. The van der Waals surface area contributed by atoms with E-state index >= 15 is 0 Å². The molecule has 0 saturated carbocycles. The molecule has 0 aliphatic carbocycles. The number of hydrogen-bond donors (Lipinski definition) is 1. The number of anilines is 1. The van der Waals surface area contributed by atoms with Gasteiger partial charge in [-0.15, -0.1) is 0 Å². The molecule has 10 heteroatoms. The van der Waals surface area contributed by atoms with Crippen molar-refractivity contribution in [2.24, 2.45) is 0 Å². The van der Waals surface area contributed by atoms with Gasteiger partial charge in [0.15, 0.2) is 5.65 Å². The van der Waals surface area contributed by atoms with Gasteiger partial charge in [-0.1, -0.05) is 12.1 Å². The highest BCUT2D eigenvalue weighted by Crippen LogP contribution is 2.38. The van der Waals surface area contributed by atoms with Gasteiger partial charge >= 0.3 is 0 Å². The number of pyridine rings is 1. The van der Waals surface area contributed by atoms with Crippen LogP contribution in [0.15, 0.2) is 54.7 Å². The number of halogens is 1. The van der Waals surface area contributed by atoms with Gasteiger partial charge in [-0.25, -0.2) is 14.3 Å².